The number of phenols is 1. The van der Waals surface area contributed by atoms with E-state index in [2.05, 4.69) is 0 Å². The first-order valence-electron chi connectivity index (χ1n) is 7.97. The molecule has 0 saturated heterocycles. The van der Waals surface area contributed by atoms with Crippen LogP contribution in [0.5, 0.6) is 23.0 Å². The van der Waals surface area contributed by atoms with Crippen molar-refractivity contribution >= 4 is 0 Å². The molecule has 134 valence electrons. The van der Waals surface area contributed by atoms with Gasteiger partial charge >= 0.3 is 0 Å². The fraction of sp³-hybridized carbons (Fsp3) is 0.368. The molecule has 0 bridgehead atoms. The van der Waals surface area contributed by atoms with Crippen molar-refractivity contribution in [3.05, 3.63) is 46.5 Å². The summed E-state index contributed by atoms with van der Waals surface area (Å²) in [6, 6.07) is 7.05. The highest BCUT2D eigenvalue weighted by molar-refractivity contribution is 5.63. The van der Waals surface area contributed by atoms with Crippen molar-refractivity contribution in [3.8, 4) is 23.0 Å². The maximum Gasteiger partial charge on any atom is 0.152 e. The second-order valence-corrected chi connectivity index (χ2v) is 6.12. The summed E-state index contributed by atoms with van der Waals surface area (Å²) in [6.07, 6.45) is -3.17. The second kappa shape index (κ2) is 6.46. The summed E-state index contributed by atoms with van der Waals surface area (Å²) >= 11 is 0. The van der Waals surface area contributed by atoms with Crippen LogP contribution in [0.15, 0.2) is 24.3 Å². The molecule has 0 aromatic heterocycles. The molecule has 3 N–H and O–H groups in total. The molecule has 0 radical (unpaired) electrons. The molecule has 3 rings (SSSR count). The highest BCUT2D eigenvalue weighted by Crippen LogP contribution is 2.51. The fourth-order valence-corrected chi connectivity index (χ4v) is 3.28. The Kier molecular flexibility index (Phi) is 4.49. The number of aromatic hydroxyl groups is 1. The van der Waals surface area contributed by atoms with Crippen LogP contribution in [0.2, 0.25) is 0 Å². The third-order valence-electron chi connectivity index (χ3n) is 4.70. The van der Waals surface area contributed by atoms with Crippen molar-refractivity contribution in [2.24, 2.45) is 0 Å². The van der Waals surface area contributed by atoms with Gasteiger partial charge in [0.2, 0.25) is 0 Å². The van der Waals surface area contributed by atoms with E-state index in [-0.39, 0.29) is 5.75 Å². The predicted octanol–water partition coefficient (Wildman–Crippen LogP) is 2.55. The van der Waals surface area contributed by atoms with E-state index in [0.29, 0.717) is 39.5 Å². The zero-order valence-electron chi connectivity index (χ0n) is 14.6. The molecule has 0 fully saturated rings. The summed E-state index contributed by atoms with van der Waals surface area (Å²) < 4.78 is 16.5. The van der Waals surface area contributed by atoms with E-state index in [1.54, 1.807) is 45.2 Å². The monoisotopic (exact) mass is 346 g/mol. The summed E-state index contributed by atoms with van der Waals surface area (Å²) in [4.78, 5) is 0. The maximum atomic E-state index is 10.7. The van der Waals surface area contributed by atoms with Crippen LogP contribution < -0.4 is 14.2 Å². The lowest BCUT2D eigenvalue weighted by Gasteiger charge is -2.36. The number of rotatable bonds is 3. The first-order valence-corrected chi connectivity index (χ1v) is 7.97. The van der Waals surface area contributed by atoms with Crippen LogP contribution in [0.25, 0.3) is 0 Å². The van der Waals surface area contributed by atoms with Crippen LogP contribution in [0.1, 0.15) is 34.5 Å². The molecule has 0 spiro atoms. The number of benzene rings is 2. The number of fused-ring (bicyclic) bond motifs is 1. The number of aliphatic hydroxyl groups is 2. The smallest absolute Gasteiger partial charge is 0.152 e. The van der Waals surface area contributed by atoms with Gasteiger partial charge in [0.15, 0.2) is 6.10 Å². The van der Waals surface area contributed by atoms with E-state index in [1.165, 1.54) is 7.11 Å². The van der Waals surface area contributed by atoms with Crippen LogP contribution in [-0.4, -0.2) is 35.6 Å². The van der Waals surface area contributed by atoms with Gasteiger partial charge in [0.1, 0.15) is 35.2 Å². The number of phenolic OH excluding ortho intramolecular Hbond substituents is 1. The quantitative estimate of drug-likeness (QED) is 0.792. The van der Waals surface area contributed by atoms with Gasteiger partial charge in [-0.15, -0.1) is 0 Å². The van der Waals surface area contributed by atoms with Gasteiger partial charge in [-0.2, -0.15) is 0 Å². The average molecular weight is 346 g/mol. The van der Waals surface area contributed by atoms with Gasteiger partial charge in [-0.25, -0.2) is 0 Å². The number of methoxy groups -OCH3 is 2. The minimum atomic E-state index is -1.20. The third kappa shape index (κ3) is 2.67. The highest BCUT2D eigenvalue weighted by atomic mass is 16.5. The van der Waals surface area contributed by atoms with E-state index in [4.69, 9.17) is 14.2 Å². The molecule has 0 saturated carbocycles. The lowest BCUT2D eigenvalue weighted by molar-refractivity contribution is -0.0714. The van der Waals surface area contributed by atoms with Gasteiger partial charge in [0, 0.05) is 11.1 Å². The normalized spacial score (nSPS) is 22.1. The summed E-state index contributed by atoms with van der Waals surface area (Å²) in [6.45, 7) is 3.40. The second-order valence-electron chi connectivity index (χ2n) is 6.12. The minimum absolute atomic E-state index is 0.0488. The van der Waals surface area contributed by atoms with Crippen molar-refractivity contribution in [3.63, 3.8) is 0 Å². The van der Waals surface area contributed by atoms with Crippen LogP contribution in [0.4, 0.5) is 0 Å². The lowest BCUT2D eigenvalue weighted by atomic mass is 9.88. The largest absolute Gasteiger partial charge is 0.507 e. The molecular formula is C19H22O6. The lowest BCUT2D eigenvalue weighted by Crippen LogP contribution is -2.35. The Hall–Kier alpha value is -2.44. The SMILES string of the molecule is COc1ccc(C2Oc3c(C)c(O)c(C)c(OC)c3C(O)C2O)cc1. The molecule has 1 aliphatic heterocycles. The van der Waals surface area contributed by atoms with Gasteiger partial charge in [-0.1, -0.05) is 12.1 Å². The van der Waals surface area contributed by atoms with Crippen molar-refractivity contribution in [1.29, 1.82) is 0 Å². The topological polar surface area (TPSA) is 88.4 Å². The summed E-state index contributed by atoms with van der Waals surface area (Å²) in [5.74, 6) is 1.38. The Morgan fingerprint density at radius 1 is 0.960 bits per heavy atom. The zero-order chi connectivity index (χ0) is 18.3. The van der Waals surface area contributed by atoms with Crippen LogP contribution >= 0.6 is 0 Å². The first-order chi connectivity index (χ1) is 11.9. The van der Waals surface area contributed by atoms with Gasteiger partial charge in [0.05, 0.1) is 19.8 Å². The molecule has 2 aromatic rings. The Balaban J connectivity index is 2.11. The third-order valence-corrected chi connectivity index (χ3v) is 4.70. The fourth-order valence-electron chi connectivity index (χ4n) is 3.28. The Morgan fingerprint density at radius 3 is 2.16 bits per heavy atom. The average Bonchev–Trinajstić information content (AvgIpc) is 2.63. The standard InChI is InChI=1S/C19H22O6/c1-9-14(20)10(2)18-13(17(9)24-4)15(21)16(22)19(25-18)11-5-7-12(23-3)8-6-11/h5-8,15-16,19-22H,1-4H3. The number of aliphatic hydroxyl groups excluding tert-OH is 2. The molecule has 1 aliphatic rings. The molecular weight excluding hydrogens is 324 g/mol. The Labute approximate surface area is 146 Å². The molecule has 3 atom stereocenters. The van der Waals surface area contributed by atoms with Gasteiger partial charge in [-0.05, 0) is 31.5 Å². The van der Waals surface area contributed by atoms with E-state index >= 15 is 0 Å². The number of hydrogen-bond acceptors (Lipinski definition) is 6. The molecule has 0 amide bonds. The zero-order valence-corrected chi connectivity index (χ0v) is 14.6. The van der Waals surface area contributed by atoms with Gasteiger partial charge in [-0.3, -0.25) is 0 Å². The molecule has 0 aliphatic carbocycles. The van der Waals surface area contributed by atoms with Crippen molar-refractivity contribution in [2.75, 3.05) is 14.2 Å². The molecule has 3 unspecified atom stereocenters. The van der Waals surface area contributed by atoms with Crippen LogP contribution in [0.3, 0.4) is 0 Å². The minimum Gasteiger partial charge on any atom is -0.507 e. The van der Waals surface area contributed by atoms with E-state index in [1.807, 2.05) is 0 Å². The van der Waals surface area contributed by atoms with Crippen LogP contribution in [-0.2, 0) is 0 Å². The molecule has 6 heteroatoms. The number of hydrogen-bond donors (Lipinski definition) is 3. The van der Waals surface area contributed by atoms with Crippen molar-refractivity contribution < 1.29 is 29.5 Å². The Morgan fingerprint density at radius 2 is 1.60 bits per heavy atom. The molecule has 2 aromatic carbocycles. The highest BCUT2D eigenvalue weighted by Gasteiger charge is 2.41. The molecule has 25 heavy (non-hydrogen) atoms. The predicted molar refractivity (Wildman–Crippen MR) is 91.5 cm³/mol. The first kappa shape index (κ1) is 17.4. The summed E-state index contributed by atoms with van der Waals surface area (Å²) in [5.41, 5.74) is 2.04. The van der Waals surface area contributed by atoms with Gasteiger partial charge < -0.3 is 29.5 Å². The van der Waals surface area contributed by atoms with Crippen molar-refractivity contribution in [1.82, 2.24) is 0 Å². The van der Waals surface area contributed by atoms with E-state index < -0.39 is 18.3 Å². The number of ether oxygens (including phenoxy) is 3. The van der Waals surface area contributed by atoms with Crippen molar-refractivity contribution in [2.45, 2.75) is 32.2 Å². The Bertz CT molecular complexity index is 784. The van der Waals surface area contributed by atoms with Gasteiger partial charge in [0.25, 0.3) is 0 Å². The molecule has 6 nitrogen and oxygen atoms in total. The summed E-state index contributed by atoms with van der Waals surface area (Å²) in [5, 5.41) is 31.6. The van der Waals surface area contributed by atoms with E-state index in [9.17, 15) is 15.3 Å². The summed E-state index contributed by atoms with van der Waals surface area (Å²) in [7, 11) is 3.02. The van der Waals surface area contributed by atoms with E-state index in [0.717, 1.165) is 0 Å². The van der Waals surface area contributed by atoms with Crippen LogP contribution in [0, 0.1) is 13.8 Å². The molecule has 1 heterocycles. The maximum absolute atomic E-state index is 10.7.